The Morgan fingerprint density at radius 2 is 0.571 bits per heavy atom. The predicted molar refractivity (Wildman–Crippen MR) is 86.6 cm³/mol. The number of halogens is 24. The van der Waals surface area contributed by atoms with Crippen LogP contribution in [0.4, 0.5) is 105 Å². The molecule has 0 saturated carbocycles. The monoisotopic (exact) mass is 674 g/mol. The second-order valence-electron chi connectivity index (χ2n) is 7.53. The van der Waals surface area contributed by atoms with Crippen LogP contribution in [0.15, 0.2) is 24.3 Å². The Labute approximate surface area is 212 Å². The van der Waals surface area contributed by atoms with Crippen molar-refractivity contribution in [3.05, 3.63) is 46.5 Å². The zero-order chi connectivity index (χ0) is 34.0. The first-order chi connectivity index (χ1) is 18.2. The molecule has 0 N–H and O–H groups in total. The van der Waals surface area contributed by atoms with E-state index in [2.05, 4.69) is 0 Å². The van der Waals surface area contributed by atoms with E-state index >= 15 is 0 Å². The number of rotatable bonds is 8. The molecule has 0 radical (unpaired) electrons. The van der Waals surface area contributed by atoms with Gasteiger partial charge in [-0.25, -0.2) is 8.78 Å². The number of hydrogen-bond acceptors (Lipinski definition) is 0. The average molecular weight is 674 g/mol. The van der Waals surface area contributed by atoms with Gasteiger partial charge in [-0.1, -0.05) is 0 Å². The lowest BCUT2D eigenvalue weighted by molar-refractivity contribution is -0.400. The van der Waals surface area contributed by atoms with Gasteiger partial charge in [0, 0.05) is 22.3 Å². The van der Waals surface area contributed by atoms with Crippen molar-refractivity contribution < 1.29 is 105 Å². The molecule has 1 aromatic carbocycles. The van der Waals surface area contributed by atoms with Crippen molar-refractivity contribution in [3.8, 4) is 0 Å². The van der Waals surface area contributed by atoms with Gasteiger partial charge in [-0.3, -0.25) is 0 Å². The van der Waals surface area contributed by atoms with Crippen LogP contribution in [0.3, 0.4) is 0 Å². The summed E-state index contributed by atoms with van der Waals surface area (Å²) in [4.78, 5) is 0. The van der Waals surface area contributed by atoms with Crippen molar-refractivity contribution in [2.75, 3.05) is 0 Å². The quantitative estimate of drug-likeness (QED) is 0.241. The second kappa shape index (κ2) is 10.3. The fourth-order valence-corrected chi connectivity index (χ4v) is 2.77. The van der Waals surface area contributed by atoms with E-state index in [0.717, 1.165) is 0 Å². The molecule has 0 unspecified atom stereocenters. The Kier molecular flexibility index (Phi) is 9.11. The lowest BCUT2D eigenvalue weighted by Gasteiger charge is -2.36. The maximum absolute atomic E-state index is 14.4. The summed E-state index contributed by atoms with van der Waals surface area (Å²) in [6.45, 7) is 0. The minimum absolute atomic E-state index is 2.07. The molecule has 0 amide bonds. The van der Waals surface area contributed by atoms with Gasteiger partial charge in [0.25, 0.3) is 0 Å². The summed E-state index contributed by atoms with van der Waals surface area (Å²) in [6.07, 6.45) is -24.0. The van der Waals surface area contributed by atoms with Gasteiger partial charge >= 0.3 is 60.0 Å². The summed E-state index contributed by atoms with van der Waals surface area (Å²) in [6, 6.07) is -4.14. The van der Waals surface area contributed by atoms with Crippen molar-refractivity contribution in [3.63, 3.8) is 0 Å². The van der Waals surface area contributed by atoms with Gasteiger partial charge in [-0.15, -0.1) is 0 Å². The van der Waals surface area contributed by atoms with Crippen LogP contribution >= 0.6 is 0 Å². The number of hydrogen-bond donors (Lipinski definition) is 0. The van der Waals surface area contributed by atoms with Crippen LogP contribution in [0.5, 0.6) is 0 Å². The van der Waals surface area contributed by atoms with E-state index in [4.69, 9.17) is 0 Å². The van der Waals surface area contributed by atoms with Crippen molar-refractivity contribution in [2.45, 2.75) is 47.9 Å². The molecule has 0 heterocycles. The molecule has 0 atom stereocenters. The van der Waals surface area contributed by atoms with Gasteiger partial charge in [0.15, 0.2) is 11.7 Å². The van der Waals surface area contributed by atoms with Crippen LogP contribution in [0.2, 0.25) is 0 Å². The topological polar surface area (TPSA) is 0 Å². The first kappa shape index (κ1) is 37.0. The minimum atomic E-state index is -8.11. The third-order valence-corrected chi connectivity index (χ3v) is 4.93. The Hall–Kier alpha value is -2.98. The van der Waals surface area contributed by atoms with Crippen LogP contribution < -0.4 is 0 Å². The Balaban J connectivity index is 4.56. The van der Waals surface area contributed by atoms with Crippen molar-refractivity contribution in [2.24, 2.45) is 0 Å². The molecule has 1 aromatic rings. The van der Waals surface area contributed by atoms with Crippen LogP contribution in [0.1, 0.15) is 22.3 Å². The number of benzene rings is 1. The van der Waals surface area contributed by atoms with Crippen molar-refractivity contribution in [1.82, 2.24) is 0 Å². The van der Waals surface area contributed by atoms with Gasteiger partial charge in [0.2, 0.25) is 0 Å². The van der Waals surface area contributed by atoms with Gasteiger partial charge in [0.05, 0.1) is 0 Å². The largest absolute Gasteiger partial charge is 0.460 e. The zero-order valence-corrected chi connectivity index (χ0v) is 18.2. The molecule has 42 heavy (non-hydrogen) atoms. The molecule has 0 spiro atoms. The molecule has 0 saturated heterocycles. The summed E-state index contributed by atoms with van der Waals surface area (Å²) in [5, 5.41) is 0. The molecule has 242 valence electrons. The molecule has 0 bridgehead atoms. The third kappa shape index (κ3) is 5.32. The van der Waals surface area contributed by atoms with Crippen LogP contribution in [0, 0.1) is 0 Å². The van der Waals surface area contributed by atoms with Gasteiger partial charge in [-0.2, -0.15) is 96.6 Å². The molecule has 0 fully saturated rings. The average Bonchev–Trinajstić information content (AvgIpc) is 2.79. The van der Waals surface area contributed by atoms with E-state index in [1.54, 1.807) is 0 Å². The Bertz CT molecular complexity index is 1150. The molecule has 24 heteroatoms. The first-order valence-corrected chi connectivity index (χ1v) is 9.19. The molecule has 0 aliphatic carbocycles. The van der Waals surface area contributed by atoms with Crippen LogP contribution in [-0.4, -0.2) is 36.0 Å². The maximum atomic E-state index is 14.4. The van der Waals surface area contributed by atoms with Gasteiger partial charge < -0.3 is 0 Å². The molecule has 0 aliphatic rings. The molecule has 0 aromatic heterocycles. The second-order valence-corrected chi connectivity index (χ2v) is 7.53. The first-order valence-electron chi connectivity index (χ1n) is 9.19. The van der Waals surface area contributed by atoms with E-state index in [0.29, 0.717) is 0 Å². The summed E-state index contributed by atoms with van der Waals surface area (Å²) in [7, 11) is 0. The van der Waals surface area contributed by atoms with E-state index in [9.17, 15) is 105 Å². The smallest absolute Gasteiger partial charge is 0.200 e. The summed E-state index contributed by atoms with van der Waals surface area (Å²) < 4.78 is 319. The van der Waals surface area contributed by atoms with Crippen molar-refractivity contribution >= 4 is 11.7 Å². The Morgan fingerprint density at radius 1 is 0.357 bits per heavy atom. The van der Waals surface area contributed by atoms with Crippen LogP contribution in [0.25, 0.3) is 11.7 Å². The van der Waals surface area contributed by atoms with Gasteiger partial charge in [-0.05, 0) is 12.1 Å². The highest BCUT2D eigenvalue weighted by molar-refractivity contribution is 5.73. The highest BCUT2D eigenvalue weighted by atomic mass is 19.4. The molecule has 0 nitrogen and oxygen atoms in total. The highest BCUT2D eigenvalue weighted by Crippen LogP contribution is 2.61. The number of alkyl halides is 18. The SMILES string of the molecule is FC(F)=C(F)c1cc(C(F)(F)C(F)(F)C(F)(F)C(F)(F)F)c(C(F)=C(F)F)cc1C(F)(F)C(F)(F)C(F)(F)C(F)(F)F. The molecular formula is C18H2F24. The van der Waals surface area contributed by atoms with Crippen molar-refractivity contribution in [1.29, 1.82) is 0 Å². The lowest BCUT2D eigenvalue weighted by atomic mass is 9.85. The van der Waals surface area contributed by atoms with E-state index in [1.165, 1.54) is 0 Å². The summed E-state index contributed by atoms with van der Waals surface area (Å²) in [5.41, 5.74) is -15.3. The van der Waals surface area contributed by atoms with E-state index in [-0.39, 0.29) is 0 Å². The van der Waals surface area contributed by atoms with E-state index < -0.39 is 106 Å². The molecule has 1 rings (SSSR count). The van der Waals surface area contributed by atoms with Gasteiger partial charge in [0.1, 0.15) is 0 Å². The highest BCUT2D eigenvalue weighted by Gasteiger charge is 2.84. The maximum Gasteiger partial charge on any atom is 0.460 e. The lowest BCUT2D eigenvalue weighted by Crippen LogP contribution is -2.60. The standard InChI is InChI=1S/C18H2F24/c19-7(9(21)22)3-1-5(11(25,26)13(29,30)15(33,34)17(37,38)39)4(8(20)10(23)24)2-6(3)12(27,28)14(31,32)16(35,36)18(40,41)42/h1-2H. The van der Waals surface area contributed by atoms with Crippen LogP contribution in [-0.2, 0) is 11.8 Å². The normalized spacial score (nSPS) is 14.7. The minimum Gasteiger partial charge on any atom is -0.200 e. The Morgan fingerprint density at radius 3 is 0.738 bits per heavy atom. The summed E-state index contributed by atoms with van der Waals surface area (Å²) >= 11 is 0. The molecule has 0 aliphatic heterocycles. The third-order valence-electron chi connectivity index (χ3n) is 4.93. The predicted octanol–water partition coefficient (Wildman–Crippen LogP) is 10.6. The zero-order valence-electron chi connectivity index (χ0n) is 18.2. The van der Waals surface area contributed by atoms with E-state index in [1.807, 2.05) is 0 Å². The fraction of sp³-hybridized carbons (Fsp3) is 0.444. The fourth-order valence-electron chi connectivity index (χ4n) is 2.77. The molecular weight excluding hydrogens is 672 g/mol. The summed E-state index contributed by atoms with van der Waals surface area (Å²) in [5.74, 6) is -55.7.